The van der Waals surface area contributed by atoms with E-state index < -0.39 is 10.0 Å². The lowest BCUT2D eigenvalue weighted by atomic mass is 10.3. The number of nitrogens with one attached hydrogen (secondary N) is 1. The van der Waals surface area contributed by atoms with Crippen molar-refractivity contribution in [3.8, 4) is 0 Å². The number of thiocarbonyl (C=S) groups is 1. The van der Waals surface area contributed by atoms with Crippen LogP contribution in [-0.2, 0) is 16.6 Å². The number of nitrogens with two attached hydrogens (primary N) is 1. The minimum Gasteiger partial charge on any atom is -0.388 e. The van der Waals surface area contributed by atoms with Gasteiger partial charge in [0.15, 0.2) is 5.82 Å². The Morgan fingerprint density at radius 1 is 1.55 bits per heavy atom. The van der Waals surface area contributed by atoms with E-state index in [-0.39, 0.29) is 28.0 Å². The third-order valence-corrected chi connectivity index (χ3v) is 3.90. The topological polar surface area (TPSA) is 124 Å². The zero-order valence-corrected chi connectivity index (χ0v) is 12.0. The molecular formula is C10H11N5O3S2. The Morgan fingerprint density at radius 3 is 2.90 bits per heavy atom. The number of aromatic nitrogens is 3. The molecule has 0 radical (unpaired) electrons. The van der Waals surface area contributed by atoms with Gasteiger partial charge in [-0.25, -0.2) is 13.1 Å². The summed E-state index contributed by atoms with van der Waals surface area (Å²) < 4.78 is 31.5. The highest BCUT2D eigenvalue weighted by atomic mass is 32.2. The number of nitrogens with zero attached hydrogens (tertiary/aromatic N) is 3. The molecule has 0 aliphatic rings. The van der Waals surface area contributed by atoms with E-state index in [1.54, 1.807) is 6.92 Å². The van der Waals surface area contributed by atoms with Crippen molar-refractivity contribution >= 4 is 27.2 Å². The summed E-state index contributed by atoms with van der Waals surface area (Å²) in [5, 5.41) is 3.56. The van der Waals surface area contributed by atoms with Gasteiger partial charge in [-0.2, -0.15) is 4.98 Å². The molecule has 2 rings (SSSR count). The molecule has 2 heterocycles. The lowest BCUT2D eigenvalue weighted by molar-refractivity contribution is 0.372. The second-order valence-corrected chi connectivity index (χ2v) is 5.95. The SMILES string of the molecule is Cc1noc(CNS(=O)(=O)c2cccnc2C(N)=S)n1. The highest BCUT2D eigenvalue weighted by molar-refractivity contribution is 7.89. The first kappa shape index (κ1) is 14.5. The van der Waals surface area contributed by atoms with Gasteiger partial charge in [-0.15, -0.1) is 0 Å². The van der Waals surface area contributed by atoms with Crippen molar-refractivity contribution in [3.05, 3.63) is 35.7 Å². The number of rotatable bonds is 5. The lowest BCUT2D eigenvalue weighted by Crippen LogP contribution is -2.27. The van der Waals surface area contributed by atoms with Gasteiger partial charge in [-0.1, -0.05) is 17.4 Å². The average molecular weight is 313 g/mol. The molecule has 0 spiro atoms. The van der Waals surface area contributed by atoms with E-state index >= 15 is 0 Å². The fourth-order valence-electron chi connectivity index (χ4n) is 1.44. The molecule has 20 heavy (non-hydrogen) atoms. The molecule has 0 amide bonds. The molecule has 106 valence electrons. The summed E-state index contributed by atoms with van der Waals surface area (Å²) in [6, 6.07) is 2.84. The van der Waals surface area contributed by atoms with Gasteiger partial charge in [0.1, 0.15) is 15.6 Å². The van der Waals surface area contributed by atoms with E-state index in [4.69, 9.17) is 22.5 Å². The molecule has 2 aromatic heterocycles. The second kappa shape index (κ2) is 5.61. The molecule has 0 saturated carbocycles. The van der Waals surface area contributed by atoms with E-state index in [1.807, 2.05) is 0 Å². The summed E-state index contributed by atoms with van der Waals surface area (Å²) in [4.78, 5) is 7.57. The average Bonchev–Trinajstić information content (AvgIpc) is 2.82. The van der Waals surface area contributed by atoms with Crippen molar-refractivity contribution < 1.29 is 12.9 Å². The van der Waals surface area contributed by atoms with Gasteiger partial charge in [0.2, 0.25) is 15.9 Å². The molecule has 0 fully saturated rings. The largest absolute Gasteiger partial charge is 0.388 e. The van der Waals surface area contributed by atoms with Gasteiger partial charge in [0.05, 0.1) is 6.54 Å². The molecule has 0 unspecified atom stereocenters. The van der Waals surface area contributed by atoms with Crippen LogP contribution in [-0.4, -0.2) is 28.5 Å². The van der Waals surface area contributed by atoms with Crippen molar-refractivity contribution in [2.45, 2.75) is 18.4 Å². The van der Waals surface area contributed by atoms with Crippen LogP contribution in [0.15, 0.2) is 27.7 Å². The summed E-state index contributed by atoms with van der Waals surface area (Å²) >= 11 is 4.78. The van der Waals surface area contributed by atoms with Gasteiger partial charge in [0.25, 0.3) is 0 Å². The molecule has 3 N–H and O–H groups in total. The fraction of sp³-hybridized carbons (Fsp3) is 0.200. The molecule has 10 heteroatoms. The second-order valence-electron chi connectivity index (χ2n) is 3.77. The highest BCUT2D eigenvalue weighted by Gasteiger charge is 2.21. The van der Waals surface area contributed by atoms with Crippen molar-refractivity contribution in [1.82, 2.24) is 19.8 Å². The maximum absolute atomic E-state index is 12.2. The number of hydrogen-bond donors (Lipinski definition) is 2. The minimum atomic E-state index is -3.83. The molecule has 0 aliphatic carbocycles. The molecule has 0 aliphatic heterocycles. The number of pyridine rings is 1. The molecule has 8 nitrogen and oxygen atoms in total. The van der Waals surface area contributed by atoms with Crippen LogP contribution in [0.3, 0.4) is 0 Å². The summed E-state index contributed by atoms with van der Waals surface area (Å²) in [6.45, 7) is 1.50. The summed E-state index contributed by atoms with van der Waals surface area (Å²) in [5.41, 5.74) is 5.50. The van der Waals surface area contributed by atoms with Gasteiger partial charge >= 0.3 is 0 Å². The van der Waals surface area contributed by atoms with Gasteiger partial charge < -0.3 is 10.3 Å². The standard InChI is InChI=1S/C10H11N5O3S2/c1-6-14-8(18-15-6)5-13-20(16,17)7-3-2-4-12-9(7)10(11)19/h2-4,13H,5H2,1H3,(H2,11,19). The van der Waals surface area contributed by atoms with Crippen LogP contribution in [0.1, 0.15) is 17.4 Å². The highest BCUT2D eigenvalue weighted by Crippen LogP contribution is 2.13. The number of sulfonamides is 1. The summed E-state index contributed by atoms with van der Waals surface area (Å²) in [7, 11) is -3.83. The van der Waals surface area contributed by atoms with Crippen LogP contribution in [0.5, 0.6) is 0 Å². The lowest BCUT2D eigenvalue weighted by Gasteiger charge is -2.08. The van der Waals surface area contributed by atoms with E-state index in [1.165, 1.54) is 18.3 Å². The van der Waals surface area contributed by atoms with Gasteiger partial charge in [0, 0.05) is 6.20 Å². The molecule has 2 aromatic rings. The smallest absolute Gasteiger partial charge is 0.243 e. The van der Waals surface area contributed by atoms with E-state index in [0.717, 1.165) is 0 Å². The van der Waals surface area contributed by atoms with Crippen molar-refractivity contribution in [2.24, 2.45) is 5.73 Å². The zero-order valence-electron chi connectivity index (χ0n) is 10.4. The Bertz CT molecular complexity index is 741. The van der Waals surface area contributed by atoms with Crippen molar-refractivity contribution in [2.75, 3.05) is 0 Å². The molecular weight excluding hydrogens is 302 g/mol. The van der Waals surface area contributed by atoms with E-state index in [2.05, 4.69) is 19.8 Å². The van der Waals surface area contributed by atoms with Crippen molar-refractivity contribution in [3.63, 3.8) is 0 Å². The molecule has 0 saturated heterocycles. The first-order valence-corrected chi connectivity index (χ1v) is 7.33. The van der Waals surface area contributed by atoms with Gasteiger partial charge in [-0.3, -0.25) is 4.98 Å². The van der Waals surface area contributed by atoms with Crippen LogP contribution in [0.25, 0.3) is 0 Å². The molecule has 0 aromatic carbocycles. The monoisotopic (exact) mass is 313 g/mol. The summed E-state index contributed by atoms with van der Waals surface area (Å²) in [5.74, 6) is 0.580. The maximum atomic E-state index is 12.2. The fourth-order valence-corrected chi connectivity index (χ4v) is 2.81. The van der Waals surface area contributed by atoms with Crippen molar-refractivity contribution in [1.29, 1.82) is 0 Å². The Labute approximate surface area is 120 Å². The Morgan fingerprint density at radius 2 is 2.30 bits per heavy atom. The predicted octanol–water partition coefficient (Wildman–Crippen LogP) is -0.114. The normalized spacial score (nSPS) is 11.4. The van der Waals surface area contributed by atoms with Crippen LogP contribution >= 0.6 is 12.2 Å². The maximum Gasteiger partial charge on any atom is 0.243 e. The summed E-state index contributed by atoms with van der Waals surface area (Å²) in [6.07, 6.45) is 1.41. The molecule has 0 atom stereocenters. The minimum absolute atomic E-state index is 0.0386. The Balaban J connectivity index is 2.25. The first-order valence-electron chi connectivity index (χ1n) is 5.44. The number of aryl methyl sites for hydroxylation is 1. The third kappa shape index (κ3) is 3.15. The molecule has 0 bridgehead atoms. The third-order valence-electron chi connectivity index (χ3n) is 2.28. The number of hydrogen-bond acceptors (Lipinski definition) is 7. The van der Waals surface area contributed by atoms with Crippen LogP contribution in [0.4, 0.5) is 0 Å². The Hall–Kier alpha value is -1.91. The van der Waals surface area contributed by atoms with Crippen LogP contribution < -0.4 is 10.5 Å². The van der Waals surface area contributed by atoms with Crippen LogP contribution in [0.2, 0.25) is 0 Å². The van der Waals surface area contributed by atoms with E-state index in [0.29, 0.717) is 5.82 Å². The Kier molecular flexibility index (Phi) is 4.06. The predicted molar refractivity (Wildman–Crippen MR) is 73.2 cm³/mol. The van der Waals surface area contributed by atoms with Gasteiger partial charge in [-0.05, 0) is 19.1 Å². The zero-order chi connectivity index (χ0) is 14.8. The van der Waals surface area contributed by atoms with E-state index in [9.17, 15) is 8.42 Å². The van der Waals surface area contributed by atoms with Crippen LogP contribution in [0, 0.1) is 6.92 Å². The first-order chi connectivity index (χ1) is 9.40. The quantitative estimate of drug-likeness (QED) is 0.732.